The molecule has 170 valence electrons. The van der Waals surface area contributed by atoms with Crippen molar-refractivity contribution in [3.05, 3.63) is 89.1 Å². The zero-order valence-electron chi connectivity index (χ0n) is 18.9. The van der Waals surface area contributed by atoms with Crippen LogP contribution in [-0.2, 0) is 12.8 Å². The summed E-state index contributed by atoms with van der Waals surface area (Å²) in [6.45, 7) is 2.18. The molecule has 2 heterocycles. The summed E-state index contributed by atoms with van der Waals surface area (Å²) in [6, 6.07) is 22.0. The molecular weight excluding hydrogens is 426 g/mol. The number of aromatic amines is 2. The molecule has 7 nitrogen and oxygen atoms in total. The normalized spacial score (nSPS) is 11.2. The first kappa shape index (κ1) is 21.6. The maximum Gasteiger partial charge on any atom is 0.338 e. The second kappa shape index (κ2) is 9.31. The van der Waals surface area contributed by atoms with E-state index in [1.165, 1.54) is 5.56 Å². The van der Waals surface area contributed by atoms with Crippen molar-refractivity contribution in [1.82, 2.24) is 25.6 Å². The number of rotatable bonds is 8. The third kappa shape index (κ3) is 4.08. The van der Waals surface area contributed by atoms with E-state index in [1.807, 2.05) is 42.5 Å². The molecule has 0 aliphatic heterocycles. The quantitative estimate of drug-likeness (QED) is 0.283. The van der Waals surface area contributed by atoms with Crippen LogP contribution in [0.4, 0.5) is 0 Å². The number of fused-ring (bicyclic) bond motifs is 1. The number of unbranched alkanes of at least 4 members (excludes halogenated alkanes) is 1. The molecule has 5 aromatic rings. The number of aryl methyl sites for hydroxylation is 1. The summed E-state index contributed by atoms with van der Waals surface area (Å²) in [5, 5.41) is 25.6. The van der Waals surface area contributed by atoms with Crippen LogP contribution in [0.1, 0.15) is 46.9 Å². The Morgan fingerprint density at radius 1 is 1.03 bits per heavy atom. The van der Waals surface area contributed by atoms with E-state index in [-0.39, 0.29) is 0 Å². The number of tetrazole rings is 1. The highest BCUT2D eigenvalue weighted by molar-refractivity contribution is 6.04. The third-order valence-electron chi connectivity index (χ3n) is 6.11. The molecule has 0 atom stereocenters. The van der Waals surface area contributed by atoms with Gasteiger partial charge in [-0.05, 0) is 52.4 Å². The predicted octanol–water partition coefficient (Wildman–Crippen LogP) is 5.65. The number of para-hydroxylation sites is 1. The fourth-order valence-corrected chi connectivity index (χ4v) is 4.61. The van der Waals surface area contributed by atoms with Gasteiger partial charge in [0.25, 0.3) is 0 Å². The van der Waals surface area contributed by atoms with Gasteiger partial charge in [0.15, 0.2) is 0 Å². The van der Waals surface area contributed by atoms with Gasteiger partial charge >= 0.3 is 5.97 Å². The van der Waals surface area contributed by atoms with Crippen LogP contribution < -0.4 is 0 Å². The standard InChI is InChI=1S/C27H25N5O2/c1-2-3-9-19-14-17(16-23-25(27(33)34)20-12-7-8-13-22(20)28-23)15-21(26-29-31-32-30-26)24(19)18-10-5-4-6-11-18/h4-8,10-15,28H,2-3,9,16H2,1H3,(H,33,34)(H,29,30,31,32). The summed E-state index contributed by atoms with van der Waals surface area (Å²) in [5.41, 5.74) is 7.08. The van der Waals surface area contributed by atoms with E-state index < -0.39 is 5.97 Å². The number of nitrogens with zero attached hydrogens (tertiary/aromatic N) is 3. The minimum absolute atomic E-state index is 0.318. The average molecular weight is 452 g/mol. The Bertz CT molecular complexity index is 1440. The lowest BCUT2D eigenvalue weighted by Crippen LogP contribution is -2.03. The van der Waals surface area contributed by atoms with Gasteiger partial charge in [-0.2, -0.15) is 5.21 Å². The molecular formula is C27H25N5O2. The second-order valence-electron chi connectivity index (χ2n) is 8.39. The molecule has 0 unspecified atom stereocenters. The summed E-state index contributed by atoms with van der Waals surface area (Å²) in [4.78, 5) is 15.5. The van der Waals surface area contributed by atoms with Crippen LogP contribution in [0.25, 0.3) is 33.4 Å². The van der Waals surface area contributed by atoms with Gasteiger partial charge in [-0.3, -0.25) is 0 Å². The number of nitrogens with one attached hydrogen (secondary N) is 2. The largest absolute Gasteiger partial charge is 0.478 e. The van der Waals surface area contributed by atoms with E-state index in [4.69, 9.17) is 0 Å². The van der Waals surface area contributed by atoms with E-state index in [2.05, 4.69) is 56.8 Å². The first-order valence-electron chi connectivity index (χ1n) is 11.4. The number of carboxylic acid groups (broad SMARTS) is 1. The molecule has 0 saturated heterocycles. The Labute approximate surface area is 196 Å². The number of carbonyl (C=O) groups is 1. The van der Waals surface area contributed by atoms with E-state index in [9.17, 15) is 9.90 Å². The molecule has 3 N–H and O–H groups in total. The first-order valence-corrected chi connectivity index (χ1v) is 11.4. The second-order valence-corrected chi connectivity index (χ2v) is 8.39. The van der Waals surface area contributed by atoms with Crippen molar-refractivity contribution in [3.8, 4) is 22.5 Å². The predicted molar refractivity (Wildman–Crippen MR) is 132 cm³/mol. The fourth-order valence-electron chi connectivity index (χ4n) is 4.61. The summed E-state index contributed by atoms with van der Waals surface area (Å²) in [6.07, 6.45) is 3.47. The molecule has 0 aliphatic rings. The van der Waals surface area contributed by atoms with Crippen LogP contribution in [0, 0.1) is 0 Å². The highest BCUT2D eigenvalue weighted by atomic mass is 16.4. The number of hydrogen-bond acceptors (Lipinski definition) is 4. The molecule has 2 aromatic heterocycles. The molecule has 0 saturated carbocycles. The molecule has 7 heteroatoms. The highest BCUT2D eigenvalue weighted by Gasteiger charge is 2.21. The molecule has 34 heavy (non-hydrogen) atoms. The van der Waals surface area contributed by atoms with Gasteiger partial charge in [-0.1, -0.05) is 67.9 Å². The topological polar surface area (TPSA) is 108 Å². The van der Waals surface area contributed by atoms with Crippen LogP contribution >= 0.6 is 0 Å². The van der Waals surface area contributed by atoms with Gasteiger partial charge < -0.3 is 10.1 Å². The Hall–Kier alpha value is -4.26. The number of benzene rings is 3. The molecule has 0 bridgehead atoms. The van der Waals surface area contributed by atoms with Crippen molar-refractivity contribution < 1.29 is 9.90 Å². The van der Waals surface area contributed by atoms with Gasteiger partial charge in [0, 0.05) is 28.6 Å². The molecule has 5 rings (SSSR count). The van der Waals surface area contributed by atoms with E-state index in [1.54, 1.807) is 0 Å². The van der Waals surface area contributed by atoms with E-state index in [0.717, 1.165) is 52.4 Å². The fraction of sp³-hybridized carbons (Fsp3) is 0.185. The van der Waals surface area contributed by atoms with Gasteiger partial charge in [0.2, 0.25) is 5.82 Å². The van der Waals surface area contributed by atoms with Crippen molar-refractivity contribution >= 4 is 16.9 Å². The summed E-state index contributed by atoms with van der Waals surface area (Å²) >= 11 is 0. The Kier molecular flexibility index (Phi) is 5.91. The lowest BCUT2D eigenvalue weighted by Gasteiger charge is -2.16. The third-order valence-corrected chi connectivity index (χ3v) is 6.11. The number of H-pyrrole nitrogens is 2. The van der Waals surface area contributed by atoms with Crippen LogP contribution in [-0.4, -0.2) is 36.7 Å². The molecule has 0 fully saturated rings. The number of aromatic carboxylic acids is 1. The Morgan fingerprint density at radius 2 is 1.82 bits per heavy atom. The first-order chi connectivity index (χ1) is 16.7. The zero-order chi connectivity index (χ0) is 23.5. The van der Waals surface area contributed by atoms with Crippen molar-refractivity contribution in [3.63, 3.8) is 0 Å². The minimum atomic E-state index is -0.932. The molecule has 0 amide bonds. The van der Waals surface area contributed by atoms with Crippen LogP contribution in [0.2, 0.25) is 0 Å². The van der Waals surface area contributed by atoms with Crippen molar-refractivity contribution in [2.75, 3.05) is 0 Å². The smallest absolute Gasteiger partial charge is 0.338 e. The van der Waals surface area contributed by atoms with Crippen molar-refractivity contribution in [1.29, 1.82) is 0 Å². The van der Waals surface area contributed by atoms with Gasteiger partial charge in [-0.25, -0.2) is 4.79 Å². The van der Waals surface area contributed by atoms with E-state index in [0.29, 0.717) is 23.5 Å². The van der Waals surface area contributed by atoms with Gasteiger partial charge in [-0.15, -0.1) is 10.2 Å². The van der Waals surface area contributed by atoms with Crippen LogP contribution in [0.5, 0.6) is 0 Å². The van der Waals surface area contributed by atoms with Crippen LogP contribution in [0.15, 0.2) is 66.7 Å². The number of aromatic nitrogens is 5. The maximum atomic E-state index is 12.1. The molecule has 0 aliphatic carbocycles. The van der Waals surface area contributed by atoms with Crippen LogP contribution in [0.3, 0.4) is 0 Å². The number of hydrogen-bond donors (Lipinski definition) is 3. The number of carboxylic acids is 1. The maximum absolute atomic E-state index is 12.1. The zero-order valence-corrected chi connectivity index (χ0v) is 18.9. The Balaban J connectivity index is 1.69. The van der Waals surface area contributed by atoms with Crippen molar-refractivity contribution in [2.45, 2.75) is 32.6 Å². The lowest BCUT2D eigenvalue weighted by atomic mass is 9.88. The highest BCUT2D eigenvalue weighted by Crippen LogP contribution is 2.36. The average Bonchev–Trinajstić information content (AvgIpc) is 3.51. The van der Waals surface area contributed by atoms with Gasteiger partial charge in [0.1, 0.15) is 0 Å². The Morgan fingerprint density at radius 3 is 2.56 bits per heavy atom. The monoisotopic (exact) mass is 451 g/mol. The molecule has 0 radical (unpaired) electrons. The minimum Gasteiger partial charge on any atom is -0.478 e. The SMILES string of the molecule is CCCCc1cc(Cc2[nH]c3ccccc3c2C(=O)O)cc(-c2nn[nH]n2)c1-c1ccccc1. The summed E-state index contributed by atoms with van der Waals surface area (Å²) in [7, 11) is 0. The summed E-state index contributed by atoms with van der Waals surface area (Å²) < 4.78 is 0. The van der Waals surface area contributed by atoms with Gasteiger partial charge in [0.05, 0.1) is 5.56 Å². The lowest BCUT2D eigenvalue weighted by molar-refractivity contribution is 0.0698. The van der Waals surface area contributed by atoms with E-state index >= 15 is 0 Å². The molecule has 3 aromatic carbocycles. The molecule has 0 spiro atoms. The van der Waals surface area contributed by atoms with Crippen molar-refractivity contribution in [2.24, 2.45) is 0 Å². The summed E-state index contributed by atoms with van der Waals surface area (Å²) in [5.74, 6) is -0.411.